The molecule has 7 heteroatoms. The number of carbonyl (C=O) groups is 1. The summed E-state index contributed by atoms with van der Waals surface area (Å²) in [6.45, 7) is 0.357. The minimum atomic E-state index is -0.837. The van der Waals surface area contributed by atoms with Gasteiger partial charge < -0.3 is 5.11 Å². The quantitative estimate of drug-likeness (QED) is 0.794. The fourth-order valence-corrected chi connectivity index (χ4v) is 1.31. The fraction of sp³-hybridized carbons (Fsp3) is 0.333. The summed E-state index contributed by atoms with van der Waals surface area (Å²) in [5, 5.41) is 20.7. The van der Waals surface area contributed by atoms with Crippen molar-refractivity contribution in [2.45, 2.75) is 13.0 Å². The number of aryl methyl sites for hydroxylation is 2. The van der Waals surface area contributed by atoms with Crippen LogP contribution in [0.4, 0.5) is 0 Å². The second-order valence-electron chi connectivity index (χ2n) is 3.36. The molecule has 0 aromatic carbocycles. The zero-order valence-electron chi connectivity index (χ0n) is 8.74. The van der Waals surface area contributed by atoms with Crippen molar-refractivity contribution in [1.82, 2.24) is 24.8 Å². The smallest absolute Gasteiger partial charge is 0.305 e. The van der Waals surface area contributed by atoms with Crippen LogP contribution in [0.2, 0.25) is 0 Å². The van der Waals surface area contributed by atoms with Gasteiger partial charge in [0.1, 0.15) is 5.69 Å². The first-order valence-electron chi connectivity index (χ1n) is 4.76. The third-order valence-corrected chi connectivity index (χ3v) is 2.08. The lowest BCUT2D eigenvalue weighted by Crippen LogP contribution is -2.04. The van der Waals surface area contributed by atoms with Crippen LogP contribution in [-0.4, -0.2) is 35.9 Å². The Balaban J connectivity index is 2.10. The fourth-order valence-electron chi connectivity index (χ4n) is 1.31. The molecule has 0 radical (unpaired) electrons. The highest BCUT2D eigenvalue weighted by atomic mass is 16.4. The Labute approximate surface area is 91.3 Å². The van der Waals surface area contributed by atoms with Crippen LogP contribution in [0.25, 0.3) is 11.3 Å². The summed E-state index contributed by atoms with van der Waals surface area (Å²) >= 11 is 0. The lowest BCUT2D eigenvalue weighted by Gasteiger charge is -1.95. The third-order valence-electron chi connectivity index (χ3n) is 2.08. The molecule has 84 valence electrons. The summed E-state index contributed by atoms with van der Waals surface area (Å²) in [5.41, 5.74) is 1.56. The zero-order chi connectivity index (χ0) is 11.5. The van der Waals surface area contributed by atoms with Gasteiger partial charge in [-0.2, -0.15) is 20.1 Å². The van der Waals surface area contributed by atoms with Gasteiger partial charge in [-0.05, 0) is 0 Å². The standard InChI is InChI=1S/C9H11N5O2/c1-13-10-5-8(12-13)7-4-11-14(6-7)3-2-9(15)16/h4-6H,2-3H2,1H3,(H,15,16). The van der Waals surface area contributed by atoms with Crippen LogP contribution in [0.3, 0.4) is 0 Å². The van der Waals surface area contributed by atoms with Crippen LogP contribution in [-0.2, 0) is 18.4 Å². The molecular weight excluding hydrogens is 210 g/mol. The molecule has 0 saturated heterocycles. The minimum absolute atomic E-state index is 0.0571. The van der Waals surface area contributed by atoms with Gasteiger partial charge in [0.05, 0.1) is 25.4 Å². The third kappa shape index (κ3) is 2.25. The van der Waals surface area contributed by atoms with Crippen LogP contribution >= 0.6 is 0 Å². The van der Waals surface area contributed by atoms with Crippen molar-refractivity contribution in [2.75, 3.05) is 0 Å². The Morgan fingerprint density at radius 2 is 2.25 bits per heavy atom. The molecule has 2 heterocycles. The minimum Gasteiger partial charge on any atom is -0.481 e. The number of carboxylic acid groups (broad SMARTS) is 1. The van der Waals surface area contributed by atoms with Gasteiger partial charge in [-0.3, -0.25) is 9.48 Å². The summed E-state index contributed by atoms with van der Waals surface area (Å²) in [7, 11) is 1.73. The summed E-state index contributed by atoms with van der Waals surface area (Å²) in [4.78, 5) is 11.8. The number of aromatic nitrogens is 5. The molecule has 1 N–H and O–H groups in total. The number of carboxylic acids is 1. The van der Waals surface area contributed by atoms with Gasteiger partial charge in [-0.25, -0.2) is 0 Å². The lowest BCUT2D eigenvalue weighted by molar-refractivity contribution is -0.137. The van der Waals surface area contributed by atoms with Crippen LogP contribution in [0.15, 0.2) is 18.6 Å². The molecular formula is C9H11N5O2. The van der Waals surface area contributed by atoms with Gasteiger partial charge in [0, 0.05) is 18.8 Å². The van der Waals surface area contributed by atoms with Crippen molar-refractivity contribution in [3.8, 4) is 11.3 Å². The molecule has 2 aromatic heterocycles. The molecule has 0 fully saturated rings. The summed E-state index contributed by atoms with van der Waals surface area (Å²) in [6, 6.07) is 0. The first-order valence-corrected chi connectivity index (χ1v) is 4.76. The van der Waals surface area contributed by atoms with Crippen molar-refractivity contribution in [3.63, 3.8) is 0 Å². The largest absolute Gasteiger partial charge is 0.481 e. The summed E-state index contributed by atoms with van der Waals surface area (Å²) < 4.78 is 1.58. The molecule has 0 unspecified atom stereocenters. The summed E-state index contributed by atoms with van der Waals surface area (Å²) in [5.74, 6) is -0.837. The molecule has 0 aliphatic rings. The van der Waals surface area contributed by atoms with Gasteiger partial charge >= 0.3 is 5.97 Å². The van der Waals surface area contributed by atoms with Crippen molar-refractivity contribution >= 4 is 5.97 Å². The second kappa shape index (κ2) is 4.13. The van der Waals surface area contributed by atoms with Gasteiger partial charge in [0.15, 0.2) is 0 Å². The van der Waals surface area contributed by atoms with Gasteiger partial charge in [-0.15, -0.1) is 0 Å². The van der Waals surface area contributed by atoms with E-state index in [0.717, 1.165) is 11.3 Å². The molecule has 0 amide bonds. The topological polar surface area (TPSA) is 85.8 Å². The van der Waals surface area contributed by atoms with Gasteiger partial charge in [0.2, 0.25) is 0 Å². The normalized spacial score (nSPS) is 10.6. The second-order valence-corrected chi connectivity index (χ2v) is 3.36. The molecule has 0 aliphatic heterocycles. The van der Waals surface area contributed by atoms with Crippen LogP contribution in [0.1, 0.15) is 6.42 Å². The molecule has 0 atom stereocenters. The van der Waals surface area contributed by atoms with Gasteiger partial charge in [-0.1, -0.05) is 0 Å². The van der Waals surface area contributed by atoms with Gasteiger partial charge in [0.25, 0.3) is 0 Å². The summed E-state index contributed by atoms with van der Waals surface area (Å²) in [6.07, 6.45) is 5.10. The van der Waals surface area contributed by atoms with Crippen LogP contribution < -0.4 is 0 Å². The van der Waals surface area contributed by atoms with Crippen molar-refractivity contribution < 1.29 is 9.90 Å². The highest BCUT2D eigenvalue weighted by Gasteiger charge is 2.06. The molecule has 2 aromatic rings. The first-order chi connectivity index (χ1) is 7.65. The maximum atomic E-state index is 10.4. The van der Waals surface area contributed by atoms with Crippen LogP contribution in [0, 0.1) is 0 Å². The van der Waals surface area contributed by atoms with E-state index in [1.54, 1.807) is 30.3 Å². The van der Waals surface area contributed by atoms with E-state index < -0.39 is 5.97 Å². The van der Waals surface area contributed by atoms with Crippen molar-refractivity contribution in [1.29, 1.82) is 0 Å². The maximum Gasteiger partial charge on any atom is 0.305 e. The Bertz CT molecular complexity index is 501. The number of rotatable bonds is 4. The number of hydrogen-bond donors (Lipinski definition) is 1. The zero-order valence-corrected chi connectivity index (χ0v) is 8.74. The van der Waals surface area contributed by atoms with E-state index in [0.29, 0.717) is 6.54 Å². The SMILES string of the molecule is Cn1ncc(-c2cnn(CCC(=O)O)c2)n1. The lowest BCUT2D eigenvalue weighted by atomic mass is 10.3. The molecule has 0 bridgehead atoms. The Kier molecular flexibility index (Phi) is 2.67. The van der Waals surface area contributed by atoms with E-state index in [-0.39, 0.29) is 6.42 Å². The predicted molar refractivity (Wildman–Crippen MR) is 54.5 cm³/mol. The van der Waals surface area contributed by atoms with Crippen LogP contribution in [0.5, 0.6) is 0 Å². The average molecular weight is 221 g/mol. The Morgan fingerprint density at radius 3 is 2.88 bits per heavy atom. The highest BCUT2D eigenvalue weighted by Crippen LogP contribution is 2.13. The molecule has 16 heavy (non-hydrogen) atoms. The van der Waals surface area contributed by atoms with Crippen molar-refractivity contribution in [3.05, 3.63) is 18.6 Å². The molecule has 0 aliphatic carbocycles. The first kappa shape index (κ1) is 10.3. The number of hydrogen-bond acceptors (Lipinski definition) is 4. The molecule has 0 spiro atoms. The van der Waals surface area contributed by atoms with Crippen molar-refractivity contribution in [2.24, 2.45) is 7.05 Å². The van der Waals surface area contributed by atoms with E-state index >= 15 is 0 Å². The molecule has 2 rings (SSSR count). The Morgan fingerprint density at radius 1 is 1.44 bits per heavy atom. The number of aliphatic carboxylic acids is 1. The maximum absolute atomic E-state index is 10.4. The van der Waals surface area contributed by atoms with E-state index in [9.17, 15) is 4.79 Å². The Hall–Kier alpha value is -2.18. The van der Waals surface area contributed by atoms with E-state index in [1.807, 2.05) is 0 Å². The highest BCUT2D eigenvalue weighted by molar-refractivity contribution is 5.66. The monoisotopic (exact) mass is 221 g/mol. The predicted octanol–water partition coefficient (Wildman–Crippen LogP) is 0.153. The average Bonchev–Trinajstić information content (AvgIpc) is 2.83. The molecule has 7 nitrogen and oxygen atoms in total. The van der Waals surface area contributed by atoms with E-state index in [4.69, 9.17) is 5.11 Å². The molecule has 0 saturated carbocycles. The van der Waals surface area contributed by atoms with E-state index in [1.165, 1.54) is 4.80 Å². The number of nitrogens with zero attached hydrogens (tertiary/aromatic N) is 5. The van der Waals surface area contributed by atoms with E-state index in [2.05, 4.69) is 15.3 Å².